The highest BCUT2D eigenvalue weighted by molar-refractivity contribution is 5.89. The number of aromatic nitrogens is 1. The molecule has 1 atom stereocenters. The van der Waals surface area contributed by atoms with Gasteiger partial charge in [-0.15, -0.1) is 0 Å². The first-order valence-electron chi connectivity index (χ1n) is 9.69. The molecular formula is C19H27N5O4. The molecule has 28 heavy (non-hydrogen) atoms. The Labute approximate surface area is 164 Å². The van der Waals surface area contributed by atoms with Gasteiger partial charge in [-0.1, -0.05) is 6.07 Å². The molecule has 0 saturated carbocycles. The molecule has 9 heteroatoms. The van der Waals surface area contributed by atoms with Crippen molar-refractivity contribution < 1.29 is 19.1 Å². The Morgan fingerprint density at radius 3 is 2.61 bits per heavy atom. The zero-order valence-corrected chi connectivity index (χ0v) is 16.2. The van der Waals surface area contributed by atoms with E-state index in [-0.39, 0.29) is 24.3 Å². The summed E-state index contributed by atoms with van der Waals surface area (Å²) < 4.78 is 5.00. The molecule has 3 heterocycles. The van der Waals surface area contributed by atoms with Gasteiger partial charge in [0.05, 0.1) is 24.8 Å². The predicted octanol–water partition coefficient (Wildman–Crippen LogP) is 0.0728. The smallest absolute Gasteiger partial charge is 0.409 e. The molecule has 3 rings (SSSR count). The summed E-state index contributed by atoms with van der Waals surface area (Å²) >= 11 is 0. The minimum absolute atomic E-state index is 0.0726. The van der Waals surface area contributed by atoms with E-state index in [1.165, 1.54) is 0 Å². The minimum atomic E-state index is -0.508. The summed E-state index contributed by atoms with van der Waals surface area (Å²) in [5.74, 6) is -0.197. The first-order chi connectivity index (χ1) is 13.6. The summed E-state index contributed by atoms with van der Waals surface area (Å²) in [6.45, 7) is 5.66. The number of hydrogen-bond acceptors (Lipinski definition) is 6. The third-order valence-electron chi connectivity index (χ3n) is 5.06. The number of pyridine rings is 1. The number of piperazine rings is 2. The number of carbonyl (C=O) groups is 3. The van der Waals surface area contributed by atoms with Crippen molar-refractivity contribution in [2.45, 2.75) is 25.9 Å². The molecule has 2 aliphatic rings. The van der Waals surface area contributed by atoms with Gasteiger partial charge in [-0.05, 0) is 19.1 Å². The summed E-state index contributed by atoms with van der Waals surface area (Å²) in [6.07, 6.45) is 1.50. The van der Waals surface area contributed by atoms with Crippen LogP contribution < -0.4 is 5.32 Å². The number of nitrogens with one attached hydrogen (secondary N) is 1. The third kappa shape index (κ3) is 4.98. The van der Waals surface area contributed by atoms with Crippen LogP contribution in [0.5, 0.6) is 0 Å². The van der Waals surface area contributed by atoms with E-state index in [1.54, 1.807) is 22.9 Å². The molecule has 9 nitrogen and oxygen atoms in total. The molecule has 1 N–H and O–H groups in total. The number of carbonyl (C=O) groups excluding carboxylic acids is 3. The van der Waals surface area contributed by atoms with Crippen LogP contribution in [-0.4, -0.2) is 89.5 Å². The molecule has 0 radical (unpaired) electrons. The molecule has 1 aromatic heterocycles. The predicted molar refractivity (Wildman–Crippen MR) is 101 cm³/mol. The maximum Gasteiger partial charge on any atom is 0.409 e. The van der Waals surface area contributed by atoms with Gasteiger partial charge in [0.2, 0.25) is 11.8 Å². The average molecular weight is 389 g/mol. The van der Waals surface area contributed by atoms with E-state index < -0.39 is 6.04 Å². The van der Waals surface area contributed by atoms with E-state index in [4.69, 9.17) is 4.74 Å². The highest BCUT2D eigenvalue weighted by Gasteiger charge is 2.34. The number of nitrogens with zero attached hydrogens (tertiary/aromatic N) is 4. The molecule has 2 saturated heterocycles. The van der Waals surface area contributed by atoms with E-state index in [1.807, 2.05) is 23.1 Å². The van der Waals surface area contributed by atoms with Crippen molar-refractivity contribution in [3.05, 3.63) is 30.1 Å². The van der Waals surface area contributed by atoms with Crippen LogP contribution in [0, 0.1) is 0 Å². The van der Waals surface area contributed by atoms with Crippen LogP contribution in [0.3, 0.4) is 0 Å². The van der Waals surface area contributed by atoms with Gasteiger partial charge in [-0.25, -0.2) is 4.79 Å². The van der Waals surface area contributed by atoms with E-state index in [0.29, 0.717) is 52.4 Å². The molecule has 0 aliphatic carbocycles. The topological polar surface area (TPSA) is 95.1 Å². The second kappa shape index (κ2) is 9.50. The van der Waals surface area contributed by atoms with Crippen LogP contribution in [0.15, 0.2) is 24.4 Å². The lowest BCUT2D eigenvalue weighted by Crippen LogP contribution is -2.57. The average Bonchev–Trinajstić information content (AvgIpc) is 2.71. The largest absolute Gasteiger partial charge is 0.450 e. The fourth-order valence-corrected chi connectivity index (χ4v) is 3.52. The van der Waals surface area contributed by atoms with Gasteiger partial charge in [0, 0.05) is 52.0 Å². The summed E-state index contributed by atoms with van der Waals surface area (Å²) in [6, 6.07) is 5.17. The van der Waals surface area contributed by atoms with Gasteiger partial charge in [-0.2, -0.15) is 0 Å². The zero-order chi connectivity index (χ0) is 19.9. The lowest BCUT2D eigenvalue weighted by atomic mass is 10.1. The Morgan fingerprint density at radius 2 is 1.93 bits per heavy atom. The van der Waals surface area contributed by atoms with Gasteiger partial charge in [0.1, 0.15) is 0 Å². The van der Waals surface area contributed by atoms with Crippen LogP contribution in [0.1, 0.15) is 19.0 Å². The van der Waals surface area contributed by atoms with Crippen LogP contribution in [0.4, 0.5) is 4.79 Å². The van der Waals surface area contributed by atoms with E-state index in [0.717, 1.165) is 5.69 Å². The second-order valence-corrected chi connectivity index (χ2v) is 6.87. The molecule has 152 valence electrons. The van der Waals surface area contributed by atoms with Gasteiger partial charge >= 0.3 is 6.09 Å². The fraction of sp³-hybridized carbons (Fsp3) is 0.579. The van der Waals surface area contributed by atoms with Gasteiger partial charge in [0.15, 0.2) is 0 Å². The SMILES string of the molecule is CCOC(=O)N1CCN(C(=O)C[C@@H]2C(=O)NCCN2Cc2ccccn2)CC1. The zero-order valence-electron chi connectivity index (χ0n) is 16.2. The summed E-state index contributed by atoms with van der Waals surface area (Å²) in [7, 11) is 0. The number of ether oxygens (including phenoxy) is 1. The van der Waals surface area contributed by atoms with Crippen LogP contribution >= 0.6 is 0 Å². The third-order valence-corrected chi connectivity index (χ3v) is 5.06. The van der Waals surface area contributed by atoms with Crippen molar-refractivity contribution in [2.75, 3.05) is 45.9 Å². The Morgan fingerprint density at radius 1 is 1.18 bits per heavy atom. The molecule has 1 aromatic rings. The highest BCUT2D eigenvalue weighted by atomic mass is 16.6. The Balaban J connectivity index is 1.56. The molecule has 2 aliphatic heterocycles. The van der Waals surface area contributed by atoms with Crippen molar-refractivity contribution in [1.82, 2.24) is 25.0 Å². The van der Waals surface area contributed by atoms with Crippen molar-refractivity contribution in [3.63, 3.8) is 0 Å². The molecule has 0 bridgehead atoms. The normalized spacial score (nSPS) is 20.6. The first-order valence-corrected chi connectivity index (χ1v) is 9.69. The number of rotatable bonds is 5. The Hall–Kier alpha value is -2.68. The van der Waals surface area contributed by atoms with Crippen molar-refractivity contribution in [2.24, 2.45) is 0 Å². The van der Waals surface area contributed by atoms with Gasteiger partial charge < -0.3 is 19.9 Å². The van der Waals surface area contributed by atoms with E-state index in [9.17, 15) is 14.4 Å². The maximum atomic E-state index is 12.8. The van der Waals surface area contributed by atoms with Crippen molar-refractivity contribution in [1.29, 1.82) is 0 Å². The fourth-order valence-electron chi connectivity index (χ4n) is 3.52. The summed E-state index contributed by atoms with van der Waals surface area (Å²) in [5.41, 5.74) is 0.873. The standard InChI is InChI=1S/C19H27N5O4/c1-2-28-19(27)23-11-9-22(10-12-23)17(25)13-16-18(26)21-7-8-24(16)14-15-5-3-4-6-20-15/h3-6,16H,2,7-14H2,1H3,(H,21,26)/t16-/m1/s1. The number of amides is 3. The maximum absolute atomic E-state index is 12.8. The lowest BCUT2D eigenvalue weighted by molar-refractivity contribution is -0.140. The highest BCUT2D eigenvalue weighted by Crippen LogP contribution is 2.15. The van der Waals surface area contributed by atoms with Crippen LogP contribution in [0.25, 0.3) is 0 Å². The van der Waals surface area contributed by atoms with Crippen molar-refractivity contribution in [3.8, 4) is 0 Å². The summed E-state index contributed by atoms with van der Waals surface area (Å²) in [5, 5.41) is 2.85. The minimum Gasteiger partial charge on any atom is -0.450 e. The van der Waals surface area contributed by atoms with Gasteiger partial charge in [-0.3, -0.25) is 19.5 Å². The Bertz CT molecular complexity index is 691. The molecule has 2 fully saturated rings. The quantitative estimate of drug-likeness (QED) is 0.766. The molecule has 0 aromatic carbocycles. The number of hydrogen-bond donors (Lipinski definition) is 1. The lowest BCUT2D eigenvalue weighted by Gasteiger charge is -2.37. The summed E-state index contributed by atoms with van der Waals surface area (Å²) in [4.78, 5) is 46.6. The van der Waals surface area contributed by atoms with Crippen molar-refractivity contribution >= 4 is 17.9 Å². The molecule has 3 amide bonds. The van der Waals surface area contributed by atoms with Crippen LogP contribution in [-0.2, 0) is 20.9 Å². The Kier molecular flexibility index (Phi) is 6.80. The monoisotopic (exact) mass is 389 g/mol. The molecule has 0 unspecified atom stereocenters. The molecular weight excluding hydrogens is 362 g/mol. The second-order valence-electron chi connectivity index (χ2n) is 6.87. The molecule has 0 spiro atoms. The van der Waals surface area contributed by atoms with Gasteiger partial charge in [0.25, 0.3) is 0 Å². The van der Waals surface area contributed by atoms with E-state index in [2.05, 4.69) is 10.3 Å². The van der Waals surface area contributed by atoms with E-state index >= 15 is 0 Å². The first kappa shape index (κ1) is 20.1. The van der Waals surface area contributed by atoms with Crippen LogP contribution in [0.2, 0.25) is 0 Å².